The van der Waals surface area contributed by atoms with Crippen LogP contribution in [0.25, 0.3) is 0 Å². The molecule has 3 nitrogen and oxygen atoms in total. The van der Waals surface area contributed by atoms with Gasteiger partial charge >= 0.3 is 0 Å². The largest absolute Gasteiger partial charge is 0.273 e. The normalized spacial score (nSPS) is 11.0. The van der Waals surface area contributed by atoms with Gasteiger partial charge in [-0.05, 0) is 18.6 Å². The fourth-order valence-corrected chi connectivity index (χ4v) is 2.54. The number of carbonyl (C=O) groups is 1. The molecule has 1 aromatic rings. The van der Waals surface area contributed by atoms with Crippen molar-refractivity contribution in [3.05, 3.63) is 33.8 Å². The van der Waals surface area contributed by atoms with Crippen molar-refractivity contribution < 1.29 is 4.79 Å². The van der Waals surface area contributed by atoms with Gasteiger partial charge in [0.2, 0.25) is 5.91 Å². The van der Waals surface area contributed by atoms with Crippen molar-refractivity contribution in [2.75, 3.05) is 0 Å². The topological polar surface area (TPSA) is 41.5 Å². The predicted octanol–water partition coefficient (Wildman–Crippen LogP) is 5.58. The zero-order chi connectivity index (χ0) is 16.2. The molecule has 0 fully saturated rings. The Kier molecular flexibility index (Phi) is 9.93. The molecule has 0 aromatic heterocycles. The lowest BCUT2D eigenvalue weighted by Crippen LogP contribution is -2.16. The summed E-state index contributed by atoms with van der Waals surface area (Å²) in [5.41, 5.74) is 3.25. The van der Waals surface area contributed by atoms with Crippen LogP contribution in [0.4, 0.5) is 0 Å². The molecule has 22 heavy (non-hydrogen) atoms. The molecule has 0 atom stereocenters. The van der Waals surface area contributed by atoms with E-state index in [0.717, 1.165) is 18.4 Å². The molecule has 0 radical (unpaired) electrons. The third kappa shape index (κ3) is 8.40. The number of carbonyl (C=O) groups excluding carboxylic acids is 1. The van der Waals surface area contributed by atoms with Crippen LogP contribution in [0.1, 0.15) is 63.9 Å². The quantitative estimate of drug-likeness (QED) is 0.336. The smallest absolute Gasteiger partial charge is 0.240 e. The highest BCUT2D eigenvalue weighted by Gasteiger charge is 2.01. The van der Waals surface area contributed by atoms with E-state index in [-0.39, 0.29) is 5.91 Å². The first-order valence-corrected chi connectivity index (χ1v) is 8.66. The SMILES string of the molecule is CCCCCCCCCC(=O)N/N=C/c1ccc(Cl)cc1Cl. The molecule has 0 spiro atoms. The van der Waals surface area contributed by atoms with Gasteiger partial charge in [0.15, 0.2) is 0 Å². The lowest BCUT2D eigenvalue weighted by molar-refractivity contribution is -0.121. The van der Waals surface area contributed by atoms with E-state index in [1.54, 1.807) is 18.2 Å². The number of nitrogens with one attached hydrogen (secondary N) is 1. The predicted molar refractivity (Wildman–Crippen MR) is 94.8 cm³/mol. The number of hydrogen-bond acceptors (Lipinski definition) is 2. The zero-order valence-corrected chi connectivity index (χ0v) is 14.6. The molecule has 5 heteroatoms. The summed E-state index contributed by atoms with van der Waals surface area (Å²) in [5, 5.41) is 5.01. The summed E-state index contributed by atoms with van der Waals surface area (Å²) in [6.07, 6.45) is 10.4. The molecule has 1 aromatic carbocycles. The molecule has 1 amide bonds. The summed E-state index contributed by atoms with van der Waals surface area (Å²) in [5.74, 6) is -0.0603. The van der Waals surface area contributed by atoms with Crippen LogP contribution in [0, 0.1) is 0 Å². The Labute approximate surface area is 143 Å². The molecule has 0 bridgehead atoms. The van der Waals surface area contributed by atoms with E-state index in [1.165, 1.54) is 38.3 Å². The number of unbranched alkanes of at least 4 members (excludes halogenated alkanes) is 6. The van der Waals surface area contributed by atoms with Gasteiger partial charge in [-0.15, -0.1) is 0 Å². The second-order valence-corrected chi connectivity index (χ2v) is 6.17. The molecule has 0 saturated heterocycles. The van der Waals surface area contributed by atoms with E-state index in [1.807, 2.05) is 0 Å². The van der Waals surface area contributed by atoms with Crippen molar-refractivity contribution >= 4 is 35.3 Å². The van der Waals surface area contributed by atoms with Crippen molar-refractivity contribution in [2.45, 2.75) is 58.3 Å². The molecule has 0 aliphatic rings. The second-order valence-electron chi connectivity index (χ2n) is 5.33. The van der Waals surface area contributed by atoms with Gasteiger partial charge in [0.05, 0.1) is 11.2 Å². The number of rotatable bonds is 10. The van der Waals surface area contributed by atoms with Gasteiger partial charge in [-0.3, -0.25) is 4.79 Å². The summed E-state index contributed by atoms with van der Waals surface area (Å²) in [6.45, 7) is 2.21. The first-order valence-electron chi connectivity index (χ1n) is 7.90. The van der Waals surface area contributed by atoms with Gasteiger partial charge < -0.3 is 0 Å². The number of nitrogens with zero attached hydrogens (tertiary/aromatic N) is 1. The Bertz CT molecular complexity index is 490. The lowest BCUT2D eigenvalue weighted by Gasteiger charge is -2.02. The standard InChI is InChI=1S/C17H24Cl2N2O/c1-2-3-4-5-6-7-8-9-17(22)21-20-13-14-10-11-15(18)12-16(14)19/h10-13H,2-9H2,1H3,(H,21,22)/b20-13+. The minimum absolute atomic E-state index is 0.0603. The number of hydrogen-bond donors (Lipinski definition) is 1. The first kappa shape index (κ1) is 19.0. The third-order valence-corrected chi connectivity index (χ3v) is 3.93. The number of benzene rings is 1. The molecule has 0 heterocycles. The fourth-order valence-electron chi connectivity index (χ4n) is 2.08. The first-order chi connectivity index (χ1) is 10.6. The Hall–Kier alpha value is -1.06. The molecule has 0 saturated carbocycles. The van der Waals surface area contributed by atoms with Crippen molar-refractivity contribution in [2.24, 2.45) is 5.10 Å². The highest BCUT2D eigenvalue weighted by Crippen LogP contribution is 2.19. The Morgan fingerprint density at radius 2 is 1.82 bits per heavy atom. The Morgan fingerprint density at radius 3 is 2.50 bits per heavy atom. The van der Waals surface area contributed by atoms with Gasteiger partial charge in [-0.25, -0.2) is 5.43 Å². The number of amides is 1. The summed E-state index contributed by atoms with van der Waals surface area (Å²) < 4.78 is 0. The van der Waals surface area contributed by atoms with Gasteiger partial charge in [0, 0.05) is 17.0 Å². The molecule has 1 rings (SSSR count). The second kappa shape index (κ2) is 11.5. The van der Waals surface area contributed by atoms with Crippen LogP contribution in [-0.4, -0.2) is 12.1 Å². The van der Waals surface area contributed by atoms with Crippen LogP contribution >= 0.6 is 23.2 Å². The Balaban J connectivity index is 2.16. The molecule has 0 aliphatic carbocycles. The highest BCUT2D eigenvalue weighted by molar-refractivity contribution is 6.36. The maximum Gasteiger partial charge on any atom is 0.240 e. The van der Waals surface area contributed by atoms with Crippen molar-refractivity contribution in [3.8, 4) is 0 Å². The lowest BCUT2D eigenvalue weighted by atomic mass is 10.1. The van der Waals surface area contributed by atoms with Crippen LogP contribution in [0.15, 0.2) is 23.3 Å². The average molecular weight is 343 g/mol. The van der Waals surface area contributed by atoms with E-state index < -0.39 is 0 Å². The van der Waals surface area contributed by atoms with E-state index in [9.17, 15) is 4.79 Å². The summed E-state index contributed by atoms with van der Waals surface area (Å²) in [7, 11) is 0. The van der Waals surface area contributed by atoms with Gasteiger partial charge in [-0.2, -0.15) is 5.10 Å². The van der Waals surface area contributed by atoms with E-state index in [4.69, 9.17) is 23.2 Å². The molecular weight excluding hydrogens is 319 g/mol. The maximum atomic E-state index is 11.6. The summed E-state index contributed by atoms with van der Waals surface area (Å²) >= 11 is 11.8. The highest BCUT2D eigenvalue weighted by atomic mass is 35.5. The fraction of sp³-hybridized carbons (Fsp3) is 0.529. The monoisotopic (exact) mass is 342 g/mol. The van der Waals surface area contributed by atoms with Crippen LogP contribution < -0.4 is 5.43 Å². The molecule has 1 N–H and O–H groups in total. The molecule has 0 unspecified atom stereocenters. The van der Waals surface area contributed by atoms with Crippen LogP contribution in [-0.2, 0) is 4.79 Å². The maximum absolute atomic E-state index is 11.6. The summed E-state index contributed by atoms with van der Waals surface area (Å²) in [6, 6.07) is 5.14. The van der Waals surface area contributed by atoms with E-state index in [2.05, 4.69) is 17.5 Å². The minimum Gasteiger partial charge on any atom is -0.273 e. The number of halogens is 2. The molecule has 0 aliphatic heterocycles. The van der Waals surface area contributed by atoms with E-state index >= 15 is 0 Å². The van der Waals surface area contributed by atoms with Gasteiger partial charge in [0.1, 0.15) is 0 Å². The minimum atomic E-state index is -0.0603. The van der Waals surface area contributed by atoms with Crippen molar-refractivity contribution in [3.63, 3.8) is 0 Å². The van der Waals surface area contributed by atoms with Crippen molar-refractivity contribution in [1.29, 1.82) is 0 Å². The average Bonchev–Trinajstić information content (AvgIpc) is 2.48. The van der Waals surface area contributed by atoms with Gasteiger partial charge in [-0.1, -0.05) is 74.7 Å². The zero-order valence-electron chi connectivity index (χ0n) is 13.1. The van der Waals surface area contributed by atoms with Gasteiger partial charge in [0.25, 0.3) is 0 Å². The third-order valence-electron chi connectivity index (χ3n) is 3.36. The Morgan fingerprint density at radius 1 is 1.14 bits per heavy atom. The summed E-state index contributed by atoms with van der Waals surface area (Å²) in [4.78, 5) is 11.6. The van der Waals surface area contributed by atoms with Crippen LogP contribution in [0.5, 0.6) is 0 Å². The number of hydrazone groups is 1. The van der Waals surface area contributed by atoms with Crippen LogP contribution in [0.2, 0.25) is 10.0 Å². The molecular formula is C17H24Cl2N2O. The molecule has 122 valence electrons. The van der Waals surface area contributed by atoms with Crippen molar-refractivity contribution in [1.82, 2.24) is 5.43 Å². The van der Waals surface area contributed by atoms with E-state index in [0.29, 0.717) is 16.5 Å². The van der Waals surface area contributed by atoms with Crippen LogP contribution in [0.3, 0.4) is 0 Å².